The number of nitrogens with zero attached hydrogens (tertiary/aromatic N) is 2. The van der Waals surface area contributed by atoms with E-state index >= 15 is 0 Å². The maximum absolute atomic E-state index is 12.7. The van der Waals surface area contributed by atoms with Crippen LogP contribution in [0.3, 0.4) is 0 Å². The van der Waals surface area contributed by atoms with Crippen molar-refractivity contribution in [2.45, 2.75) is 25.9 Å². The van der Waals surface area contributed by atoms with Gasteiger partial charge in [-0.25, -0.2) is 4.79 Å². The molecule has 0 aliphatic carbocycles. The summed E-state index contributed by atoms with van der Waals surface area (Å²) in [5.74, 6) is 0.666. The van der Waals surface area contributed by atoms with E-state index in [0.717, 1.165) is 11.3 Å². The minimum atomic E-state index is -0.512. The van der Waals surface area contributed by atoms with Gasteiger partial charge in [0.25, 0.3) is 5.56 Å². The zero-order valence-corrected chi connectivity index (χ0v) is 16.1. The number of fused-ring (bicyclic) bond motifs is 1. The summed E-state index contributed by atoms with van der Waals surface area (Å²) in [4.78, 5) is 40.8. The molecule has 0 saturated carbocycles. The Kier molecular flexibility index (Phi) is 5.63. The first-order chi connectivity index (χ1) is 13.4. The fourth-order valence-electron chi connectivity index (χ4n) is 3.17. The van der Waals surface area contributed by atoms with Gasteiger partial charge in [0, 0.05) is 20.0 Å². The summed E-state index contributed by atoms with van der Waals surface area (Å²) in [5.41, 5.74) is 0.578. The fourth-order valence-corrected chi connectivity index (χ4v) is 3.17. The molecule has 2 aromatic carbocycles. The third-order valence-electron chi connectivity index (χ3n) is 5.03. The number of aryl methyl sites for hydroxylation is 1. The number of hydrogen-bond acceptors (Lipinski definition) is 4. The Balaban J connectivity index is 1.75. The minimum Gasteiger partial charge on any atom is -0.497 e. The largest absolute Gasteiger partial charge is 0.497 e. The quantitative estimate of drug-likeness (QED) is 0.710. The SMILES string of the molecule is COc1ccc(C(C)N(C)C(=O)CCn2c(=O)[nH]c(=O)c3ccccc32)cc1. The number of hydrogen-bond donors (Lipinski definition) is 1. The van der Waals surface area contributed by atoms with Gasteiger partial charge in [0.05, 0.1) is 24.1 Å². The summed E-state index contributed by atoms with van der Waals surface area (Å²) in [6.07, 6.45) is 0.146. The summed E-state index contributed by atoms with van der Waals surface area (Å²) < 4.78 is 6.59. The number of ether oxygens (including phenoxy) is 1. The van der Waals surface area contributed by atoms with E-state index in [2.05, 4.69) is 4.98 Å². The maximum Gasteiger partial charge on any atom is 0.328 e. The summed E-state index contributed by atoms with van der Waals surface area (Å²) >= 11 is 0. The summed E-state index contributed by atoms with van der Waals surface area (Å²) in [6, 6.07) is 14.3. The number of para-hydroxylation sites is 1. The van der Waals surface area contributed by atoms with Gasteiger partial charge in [-0.3, -0.25) is 19.1 Å². The smallest absolute Gasteiger partial charge is 0.328 e. The highest BCUT2D eigenvalue weighted by atomic mass is 16.5. The molecular weight excluding hydrogens is 358 g/mol. The maximum atomic E-state index is 12.7. The van der Waals surface area contributed by atoms with E-state index in [-0.39, 0.29) is 24.9 Å². The van der Waals surface area contributed by atoms with Gasteiger partial charge in [-0.1, -0.05) is 24.3 Å². The van der Waals surface area contributed by atoms with Gasteiger partial charge in [0.15, 0.2) is 0 Å². The number of benzene rings is 2. The fraction of sp³-hybridized carbons (Fsp3) is 0.286. The van der Waals surface area contributed by atoms with Crippen molar-refractivity contribution in [2.24, 2.45) is 0 Å². The number of rotatable bonds is 6. The topological polar surface area (TPSA) is 84.4 Å². The second kappa shape index (κ2) is 8.12. The summed E-state index contributed by atoms with van der Waals surface area (Å²) in [6.45, 7) is 2.13. The molecule has 7 nitrogen and oxygen atoms in total. The average molecular weight is 381 g/mol. The molecule has 0 spiro atoms. The van der Waals surface area contributed by atoms with Crippen molar-refractivity contribution in [3.8, 4) is 5.75 Å². The number of carbonyl (C=O) groups is 1. The number of aromatic amines is 1. The molecule has 1 unspecified atom stereocenters. The zero-order chi connectivity index (χ0) is 20.3. The van der Waals surface area contributed by atoms with Crippen LogP contribution < -0.4 is 16.0 Å². The molecule has 3 rings (SSSR count). The second-order valence-corrected chi connectivity index (χ2v) is 6.63. The number of amides is 1. The highest BCUT2D eigenvalue weighted by Crippen LogP contribution is 2.22. The molecule has 146 valence electrons. The number of H-pyrrole nitrogens is 1. The molecule has 0 radical (unpaired) electrons. The van der Waals surface area contributed by atoms with Crippen LogP contribution in [0.1, 0.15) is 24.9 Å². The normalized spacial score (nSPS) is 12.0. The van der Waals surface area contributed by atoms with Gasteiger partial charge in [0.1, 0.15) is 5.75 Å². The molecule has 28 heavy (non-hydrogen) atoms. The standard InChI is InChI=1S/C21H23N3O4/c1-14(15-8-10-16(28-3)11-9-15)23(2)19(25)12-13-24-18-7-5-4-6-17(18)20(26)22-21(24)27/h4-11,14H,12-13H2,1-3H3,(H,22,26,27). The van der Waals surface area contributed by atoms with Crippen molar-refractivity contribution in [1.82, 2.24) is 14.5 Å². The van der Waals surface area contributed by atoms with Crippen LogP contribution in [0.4, 0.5) is 0 Å². The number of methoxy groups -OCH3 is 1. The molecule has 1 atom stereocenters. The van der Waals surface area contributed by atoms with Gasteiger partial charge in [-0.15, -0.1) is 0 Å². The average Bonchev–Trinajstić information content (AvgIpc) is 2.72. The number of nitrogens with one attached hydrogen (secondary N) is 1. The van der Waals surface area contributed by atoms with Crippen LogP contribution in [0, 0.1) is 0 Å². The molecule has 0 aliphatic heterocycles. The molecule has 1 aromatic heterocycles. The van der Waals surface area contributed by atoms with Gasteiger partial charge in [-0.05, 0) is 36.8 Å². The van der Waals surface area contributed by atoms with Crippen LogP contribution in [0.15, 0.2) is 58.1 Å². The number of carbonyl (C=O) groups excluding carboxylic acids is 1. The van der Waals surface area contributed by atoms with Crippen LogP contribution in [-0.4, -0.2) is 34.5 Å². The molecule has 7 heteroatoms. The predicted molar refractivity (Wildman–Crippen MR) is 108 cm³/mol. The second-order valence-electron chi connectivity index (χ2n) is 6.63. The first-order valence-corrected chi connectivity index (χ1v) is 9.04. The highest BCUT2D eigenvalue weighted by molar-refractivity contribution is 5.79. The van der Waals surface area contributed by atoms with Crippen molar-refractivity contribution in [1.29, 1.82) is 0 Å². The first-order valence-electron chi connectivity index (χ1n) is 9.04. The monoisotopic (exact) mass is 381 g/mol. The van der Waals surface area contributed by atoms with Crippen molar-refractivity contribution >= 4 is 16.8 Å². The van der Waals surface area contributed by atoms with Crippen molar-refractivity contribution in [3.63, 3.8) is 0 Å². The lowest BCUT2D eigenvalue weighted by Crippen LogP contribution is -2.34. The Hall–Kier alpha value is -3.35. The molecule has 0 aliphatic rings. The third-order valence-corrected chi connectivity index (χ3v) is 5.03. The van der Waals surface area contributed by atoms with Crippen LogP contribution in [0.2, 0.25) is 0 Å². The van der Waals surface area contributed by atoms with Crippen LogP contribution in [-0.2, 0) is 11.3 Å². The third kappa shape index (κ3) is 3.83. The summed E-state index contributed by atoms with van der Waals surface area (Å²) in [5, 5.41) is 0.425. The first kappa shape index (κ1) is 19.4. The Labute approximate surface area is 162 Å². The molecule has 1 N–H and O–H groups in total. The molecule has 0 bridgehead atoms. The van der Waals surface area contributed by atoms with E-state index in [0.29, 0.717) is 10.9 Å². The van der Waals surface area contributed by atoms with Gasteiger partial charge >= 0.3 is 5.69 Å². The summed E-state index contributed by atoms with van der Waals surface area (Å²) in [7, 11) is 3.35. The minimum absolute atomic E-state index is 0.0921. The van der Waals surface area contributed by atoms with E-state index in [1.165, 1.54) is 4.57 Å². The van der Waals surface area contributed by atoms with Crippen LogP contribution in [0.5, 0.6) is 5.75 Å². The zero-order valence-electron chi connectivity index (χ0n) is 16.1. The predicted octanol–water partition coefficient (Wildman–Crippen LogP) is 2.31. The molecule has 3 aromatic rings. The molecule has 0 fully saturated rings. The molecule has 0 saturated heterocycles. The molecule has 1 amide bonds. The van der Waals surface area contributed by atoms with E-state index in [4.69, 9.17) is 4.74 Å². The van der Waals surface area contributed by atoms with Gasteiger partial charge < -0.3 is 9.64 Å². The Morgan fingerprint density at radius 1 is 1.14 bits per heavy atom. The van der Waals surface area contributed by atoms with E-state index < -0.39 is 11.2 Å². The van der Waals surface area contributed by atoms with Crippen molar-refractivity contribution < 1.29 is 9.53 Å². The molecule has 1 heterocycles. The highest BCUT2D eigenvalue weighted by Gasteiger charge is 2.18. The van der Waals surface area contributed by atoms with Crippen molar-refractivity contribution in [2.75, 3.05) is 14.2 Å². The van der Waals surface area contributed by atoms with Crippen LogP contribution in [0.25, 0.3) is 10.9 Å². The Morgan fingerprint density at radius 3 is 2.50 bits per heavy atom. The lowest BCUT2D eigenvalue weighted by Gasteiger charge is -2.26. The van der Waals surface area contributed by atoms with E-state index in [9.17, 15) is 14.4 Å². The van der Waals surface area contributed by atoms with Crippen LogP contribution >= 0.6 is 0 Å². The van der Waals surface area contributed by atoms with Crippen molar-refractivity contribution in [3.05, 3.63) is 74.9 Å². The van der Waals surface area contributed by atoms with E-state index in [1.54, 1.807) is 43.3 Å². The Morgan fingerprint density at radius 2 is 1.82 bits per heavy atom. The lowest BCUT2D eigenvalue weighted by atomic mass is 10.1. The number of aromatic nitrogens is 2. The Bertz CT molecular complexity index is 1100. The van der Waals surface area contributed by atoms with E-state index in [1.807, 2.05) is 31.2 Å². The molecular formula is C21H23N3O4. The van der Waals surface area contributed by atoms with Gasteiger partial charge in [-0.2, -0.15) is 0 Å². The lowest BCUT2D eigenvalue weighted by molar-refractivity contribution is -0.132. The van der Waals surface area contributed by atoms with Gasteiger partial charge in [0.2, 0.25) is 5.91 Å².